The maximum Gasteiger partial charge on any atom is 0.194 e. The molecule has 6 nitrogen and oxygen atoms in total. The molecule has 0 unspecified atom stereocenters. The highest BCUT2D eigenvalue weighted by molar-refractivity contribution is 7.11. The summed E-state index contributed by atoms with van der Waals surface area (Å²) in [5, 5.41) is 4.62. The van der Waals surface area contributed by atoms with Gasteiger partial charge in [0.1, 0.15) is 11.5 Å². The molecule has 3 rings (SSSR count). The molecular formula is C22H28N4O2S. The van der Waals surface area contributed by atoms with E-state index in [1.54, 1.807) is 24.7 Å². The number of furan rings is 1. The van der Waals surface area contributed by atoms with Crippen LogP contribution in [0.2, 0.25) is 0 Å². The summed E-state index contributed by atoms with van der Waals surface area (Å²) < 4.78 is 10.6. The van der Waals surface area contributed by atoms with Crippen LogP contribution in [0.15, 0.2) is 58.3 Å². The Kier molecular flexibility index (Phi) is 7.69. The summed E-state index contributed by atoms with van der Waals surface area (Å²) in [7, 11) is 3.74. The van der Waals surface area contributed by atoms with Crippen molar-refractivity contribution in [1.29, 1.82) is 0 Å². The standard InChI is InChI=1S/C22H28N4O2S/c1-17-15-24-21(29-17)11-13-26(2)22(23-12-10-20-5-4-14-28-20)25-16-18-6-8-19(27-3)9-7-18/h4-9,14-15H,10-13,16H2,1-3H3,(H,23,25). The monoisotopic (exact) mass is 412 g/mol. The van der Waals surface area contributed by atoms with Crippen LogP contribution in [-0.4, -0.2) is 43.1 Å². The van der Waals surface area contributed by atoms with Crippen LogP contribution < -0.4 is 10.1 Å². The van der Waals surface area contributed by atoms with Crippen LogP contribution >= 0.6 is 11.3 Å². The first-order valence-electron chi connectivity index (χ1n) is 9.70. The SMILES string of the molecule is COc1ccc(CN=C(NCCc2ccco2)N(C)CCc2ncc(C)s2)cc1. The number of aromatic nitrogens is 1. The van der Waals surface area contributed by atoms with Gasteiger partial charge in [-0.25, -0.2) is 9.98 Å². The molecule has 29 heavy (non-hydrogen) atoms. The number of methoxy groups -OCH3 is 1. The molecule has 0 aliphatic rings. The highest BCUT2D eigenvalue weighted by Crippen LogP contribution is 2.13. The number of aryl methyl sites for hydroxylation is 1. The van der Waals surface area contributed by atoms with Gasteiger partial charge in [-0.1, -0.05) is 12.1 Å². The molecule has 0 amide bonds. The van der Waals surface area contributed by atoms with Gasteiger partial charge < -0.3 is 19.4 Å². The van der Waals surface area contributed by atoms with Crippen LogP contribution in [0.4, 0.5) is 0 Å². The summed E-state index contributed by atoms with van der Waals surface area (Å²) in [4.78, 5) is 12.7. The molecule has 0 fully saturated rings. The Morgan fingerprint density at radius 2 is 2.07 bits per heavy atom. The fraction of sp³-hybridized carbons (Fsp3) is 0.364. The Hall–Kier alpha value is -2.80. The van der Waals surface area contributed by atoms with E-state index in [9.17, 15) is 0 Å². The van der Waals surface area contributed by atoms with E-state index >= 15 is 0 Å². The van der Waals surface area contributed by atoms with Gasteiger partial charge in [-0.05, 0) is 36.8 Å². The number of hydrogen-bond acceptors (Lipinski definition) is 5. The van der Waals surface area contributed by atoms with Crippen LogP contribution in [0.25, 0.3) is 0 Å². The van der Waals surface area contributed by atoms with E-state index in [1.165, 1.54) is 4.88 Å². The Labute approximate surface area is 176 Å². The average Bonchev–Trinajstić information content (AvgIpc) is 3.40. The number of aliphatic imine (C=N–C) groups is 1. The second kappa shape index (κ2) is 10.7. The van der Waals surface area contributed by atoms with Gasteiger partial charge >= 0.3 is 0 Å². The number of benzene rings is 1. The van der Waals surface area contributed by atoms with Gasteiger partial charge in [-0.15, -0.1) is 11.3 Å². The minimum absolute atomic E-state index is 0.605. The van der Waals surface area contributed by atoms with Gasteiger partial charge in [-0.3, -0.25) is 0 Å². The summed E-state index contributed by atoms with van der Waals surface area (Å²) in [6, 6.07) is 11.9. The average molecular weight is 413 g/mol. The number of ether oxygens (including phenoxy) is 1. The van der Waals surface area contributed by atoms with Crippen molar-refractivity contribution in [1.82, 2.24) is 15.2 Å². The summed E-state index contributed by atoms with van der Waals surface area (Å²) >= 11 is 1.75. The Bertz CT molecular complexity index is 888. The quantitative estimate of drug-likeness (QED) is 0.426. The number of hydrogen-bond donors (Lipinski definition) is 1. The smallest absolute Gasteiger partial charge is 0.194 e. The third kappa shape index (κ3) is 6.64. The molecule has 1 aromatic carbocycles. The van der Waals surface area contributed by atoms with Gasteiger partial charge in [0.25, 0.3) is 0 Å². The Morgan fingerprint density at radius 3 is 2.72 bits per heavy atom. The van der Waals surface area contributed by atoms with E-state index in [-0.39, 0.29) is 0 Å². The van der Waals surface area contributed by atoms with Crippen molar-refractivity contribution in [3.05, 3.63) is 70.1 Å². The van der Waals surface area contributed by atoms with E-state index in [0.717, 1.165) is 54.0 Å². The largest absolute Gasteiger partial charge is 0.497 e. The minimum Gasteiger partial charge on any atom is -0.497 e. The molecule has 0 saturated carbocycles. The van der Waals surface area contributed by atoms with E-state index in [1.807, 2.05) is 42.6 Å². The van der Waals surface area contributed by atoms with Crippen LogP contribution in [0.1, 0.15) is 21.2 Å². The second-order valence-corrected chi connectivity index (χ2v) is 8.10. The molecule has 0 radical (unpaired) electrons. The minimum atomic E-state index is 0.605. The lowest BCUT2D eigenvalue weighted by Gasteiger charge is -2.22. The fourth-order valence-corrected chi connectivity index (χ4v) is 3.62. The Balaban J connectivity index is 1.61. The van der Waals surface area contributed by atoms with Crippen LogP contribution in [0, 0.1) is 6.92 Å². The molecular weight excluding hydrogens is 384 g/mol. The van der Waals surface area contributed by atoms with Gasteiger partial charge in [0.15, 0.2) is 5.96 Å². The lowest BCUT2D eigenvalue weighted by Crippen LogP contribution is -2.40. The molecule has 0 spiro atoms. The molecule has 1 N–H and O–H groups in total. The highest BCUT2D eigenvalue weighted by Gasteiger charge is 2.09. The number of likely N-dealkylation sites (N-methyl/N-ethyl adjacent to an activating group) is 1. The summed E-state index contributed by atoms with van der Waals surface area (Å²) in [5.74, 6) is 2.69. The van der Waals surface area contributed by atoms with Crippen LogP contribution in [0.3, 0.4) is 0 Å². The zero-order valence-electron chi connectivity index (χ0n) is 17.2. The molecule has 154 valence electrons. The lowest BCUT2D eigenvalue weighted by atomic mass is 10.2. The van der Waals surface area contributed by atoms with Crippen molar-refractivity contribution in [2.75, 3.05) is 27.2 Å². The fourth-order valence-electron chi connectivity index (χ4n) is 2.85. The predicted octanol–water partition coefficient (Wildman–Crippen LogP) is 3.92. The van der Waals surface area contributed by atoms with Crippen molar-refractivity contribution in [2.24, 2.45) is 4.99 Å². The van der Waals surface area contributed by atoms with E-state index in [2.05, 4.69) is 29.2 Å². The number of nitrogens with one attached hydrogen (secondary N) is 1. The van der Waals surface area contributed by atoms with E-state index < -0.39 is 0 Å². The normalized spacial score (nSPS) is 11.5. The number of thiazole rings is 1. The summed E-state index contributed by atoms with van der Waals surface area (Å²) in [5.41, 5.74) is 1.14. The molecule has 7 heteroatoms. The number of rotatable bonds is 9. The molecule has 0 aliphatic carbocycles. The first-order chi connectivity index (χ1) is 14.1. The molecule has 3 aromatic rings. The molecule has 2 aromatic heterocycles. The summed E-state index contributed by atoms with van der Waals surface area (Å²) in [6.07, 6.45) is 5.35. The molecule has 0 bridgehead atoms. The second-order valence-electron chi connectivity index (χ2n) is 6.78. The Morgan fingerprint density at radius 1 is 1.24 bits per heavy atom. The summed E-state index contributed by atoms with van der Waals surface area (Å²) in [6.45, 7) is 4.30. The van der Waals surface area contributed by atoms with Crippen molar-refractivity contribution < 1.29 is 9.15 Å². The van der Waals surface area contributed by atoms with Crippen molar-refractivity contribution in [3.8, 4) is 5.75 Å². The highest BCUT2D eigenvalue weighted by atomic mass is 32.1. The zero-order valence-corrected chi connectivity index (χ0v) is 18.0. The maximum atomic E-state index is 5.42. The van der Waals surface area contributed by atoms with Gasteiger partial charge in [0.2, 0.25) is 0 Å². The van der Waals surface area contributed by atoms with Gasteiger partial charge in [-0.2, -0.15) is 0 Å². The third-order valence-electron chi connectivity index (χ3n) is 4.50. The van der Waals surface area contributed by atoms with Crippen molar-refractivity contribution in [2.45, 2.75) is 26.3 Å². The lowest BCUT2D eigenvalue weighted by molar-refractivity contribution is 0.414. The predicted molar refractivity (Wildman–Crippen MR) is 118 cm³/mol. The number of nitrogens with zero attached hydrogens (tertiary/aromatic N) is 3. The van der Waals surface area contributed by atoms with Gasteiger partial charge in [0.05, 0.1) is 24.9 Å². The molecule has 0 aliphatic heterocycles. The first kappa shape index (κ1) is 20.9. The van der Waals surface area contributed by atoms with E-state index in [0.29, 0.717) is 6.54 Å². The van der Waals surface area contributed by atoms with Crippen molar-refractivity contribution >= 4 is 17.3 Å². The van der Waals surface area contributed by atoms with Gasteiger partial charge in [0, 0.05) is 44.1 Å². The zero-order chi connectivity index (χ0) is 20.5. The van der Waals surface area contributed by atoms with Crippen LogP contribution in [-0.2, 0) is 19.4 Å². The van der Waals surface area contributed by atoms with E-state index in [4.69, 9.17) is 14.1 Å². The molecule has 0 atom stereocenters. The third-order valence-corrected chi connectivity index (χ3v) is 5.47. The topological polar surface area (TPSA) is 62.9 Å². The van der Waals surface area contributed by atoms with Crippen LogP contribution in [0.5, 0.6) is 5.75 Å². The number of guanidine groups is 1. The molecule has 2 heterocycles. The maximum absolute atomic E-state index is 5.42. The first-order valence-corrected chi connectivity index (χ1v) is 10.5. The molecule has 0 saturated heterocycles. The van der Waals surface area contributed by atoms with Crippen molar-refractivity contribution in [3.63, 3.8) is 0 Å².